The van der Waals surface area contributed by atoms with E-state index in [2.05, 4.69) is 13.0 Å². The summed E-state index contributed by atoms with van der Waals surface area (Å²) in [4.78, 5) is 0.289. The number of hydrogen-bond donors (Lipinski definition) is 0. The maximum atomic E-state index is 12.9. The van der Waals surface area contributed by atoms with Gasteiger partial charge in [-0.1, -0.05) is 13.0 Å². The molecule has 3 nitrogen and oxygen atoms in total. The van der Waals surface area contributed by atoms with Crippen LogP contribution in [0.25, 0.3) is 0 Å². The predicted octanol–water partition coefficient (Wildman–Crippen LogP) is 3.55. The fourth-order valence-electron chi connectivity index (χ4n) is 2.78. The van der Waals surface area contributed by atoms with Gasteiger partial charge in [0.2, 0.25) is 0 Å². The first kappa shape index (κ1) is 15.1. The fraction of sp³-hybridized carbons (Fsp3) is 0.562. The van der Waals surface area contributed by atoms with Crippen molar-refractivity contribution in [2.75, 3.05) is 0 Å². The standard InChI is InChI=1S/C16H21NO2S/c1-12-6-8-16(11-17,9-7-12)20(18,19)15-5-4-13(2)14(3)10-15/h4-5,10,12H,6-9H2,1-3H3. The molecule has 1 aliphatic rings. The summed E-state index contributed by atoms with van der Waals surface area (Å²) >= 11 is 0. The molecule has 20 heavy (non-hydrogen) atoms. The Morgan fingerprint density at radius 3 is 2.30 bits per heavy atom. The lowest BCUT2D eigenvalue weighted by Gasteiger charge is -2.33. The van der Waals surface area contributed by atoms with Crippen molar-refractivity contribution in [3.8, 4) is 6.07 Å². The third kappa shape index (κ3) is 2.35. The molecule has 0 bridgehead atoms. The summed E-state index contributed by atoms with van der Waals surface area (Å²) < 4.78 is 24.5. The Labute approximate surface area is 121 Å². The average Bonchev–Trinajstić information content (AvgIpc) is 2.42. The molecule has 1 aromatic rings. The van der Waals surface area contributed by atoms with E-state index >= 15 is 0 Å². The van der Waals surface area contributed by atoms with E-state index in [1.54, 1.807) is 12.1 Å². The van der Waals surface area contributed by atoms with Crippen molar-refractivity contribution >= 4 is 9.84 Å². The van der Waals surface area contributed by atoms with Crippen molar-refractivity contribution in [1.29, 1.82) is 5.26 Å². The highest BCUT2D eigenvalue weighted by Gasteiger charge is 2.47. The van der Waals surface area contributed by atoms with Crippen molar-refractivity contribution in [2.45, 2.75) is 56.1 Å². The Kier molecular flexibility index (Phi) is 3.93. The van der Waals surface area contributed by atoms with E-state index in [1.165, 1.54) is 0 Å². The molecule has 0 spiro atoms. The molecule has 0 N–H and O–H groups in total. The van der Waals surface area contributed by atoms with Crippen LogP contribution in [0.15, 0.2) is 23.1 Å². The number of aryl methyl sites for hydroxylation is 2. The van der Waals surface area contributed by atoms with Gasteiger partial charge in [0.15, 0.2) is 14.6 Å². The minimum atomic E-state index is -3.60. The second-order valence-corrected chi connectivity index (χ2v) is 8.30. The van der Waals surface area contributed by atoms with Crippen LogP contribution in [0.5, 0.6) is 0 Å². The van der Waals surface area contributed by atoms with Crippen LogP contribution < -0.4 is 0 Å². The molecule has 108 valence electrons. The molecular weight excluding hydrogens is 270 g/mol. The summed E-state index contributed by atoms with van der Waals surface area (Å²) in [6.45, 7) is 5.97. The van der Waals surface area contributed by atoms with Gasteiger partial charge < -0.3 is 0 Å². The van der Waals surface area contributed by atoms with Gasteiger partial charge in [-0.3, -0.25) is 0 Å². The zero-order valence-corrected chi connectivity index (χ0v) is 13.1. The second kappa shape index (κ2) is 5.21. The lowest BCUT2D eigenvalue weighted by atomic mass is 9.83. The molecule has 0 heterocycles. The molecule has 0 radical (unpaired) electrons. The number of rotatable bonds is 2. The highest BCUT2D eigenvalue weighted by atomic mass is 32.2. The molecule has 1 aliphatic carbocycles. The molecular formula is C16H21NO2S. The summed E-state index contributed by atoms with van der Waals surface area (Å²) in [7, 11) is -3.60. The smallest absolute Gasteiger partial charge is 0.197 e. The molecule has 4 heteroatoms. The van der Waals surface area contributed by atoms with Crippen LogP contribution >= 0.6 is 0 Å². The largest absolute Gasteiger partial charge is 0.222 e. The topological polar surface area (TPSA) is 57.9 Å². The van der Waals surface area contributed by atoms with Crippen molar-refractivity contribution < 1.29 is 8.42 Å². The summed E-state index contributed by atoms with van der Waals surface area (Å²) in [6.07, 6.45) is 2.50. The Hall–Kier alpha value is -1.34. The van der Waals surface area contributed by atoms with Crippen LogP contribution in [0.3, 0.4) is 0 Å². The number of nitrogens with zero attached hydrogens (tertiary/aromatic N) is 1. The first-order valence-corrected chi connectivity index (χ1v) is 8.54. The number of nitriles is 1. The van der Waals surface area contributed by atoms with Crippen LogP contribution in [0.1, 0.15) is 43.7 Å². The zero-order valence-electron chi connectivity index (χ0n) is 12.3. The van der Waals surface area contributed by atoms with Gasteiger partial charge in [0.1, 0.15) is 0 Å². The van der Waals surface area contributed by atoms with Gasteiger partial charge >= 0.3 is 0 Å². The van der Waals surface area contributed by atoms with Crippen LogP contribution in [-0.2, 0) is 9.84 Å². The van der Waals surface area contributed by atoms with Crippen LogP contribution in [-0.4, -0.2) is 13.2 Å². The van der Waals surface area contributed by atoms with E-state index in [4.69, 9.17) is 0 Å². The van der Waals surface area contributed by atoms with E-state index in [-0.39, 0.29) is 4.90 Å². The van der Waals surface area contributed by atoms with Crippen molar-refractivity contribution in [2.24, 2.45) is 5.92 Å². The minimum absolute atomic E-state index is 0.289. The van der Waals surface area contributed by atoms with Crippen molar-refractivity contribution in [3.63, 3.8) is 0 Å². The van der Waals surface area contributed by atoms with Gasteiger partial charge in [0.05, 0.1) is 11.0 Å². The third-order valence-electron chi connectivity index (χ3n) is 4.59. The van der Waals surface area contributed by atoms with Gasteiger partial charge in [-0.2, -0.15) is 5.26 Å². The molecule has 0 unspecified atom stereocenters. The fourth-order valence-corrected chi connectivity index (χ4v) is 4.70. The van der Waals surface area contributed by atoms with Crippen LogP contribution in [0, 0.1) is 31.1 Å². The van der Waals surface area contributed by atoms with E-state index < -0.39 is 14.6 Å². The van der Waals surface area contributed by atoms with E-state index in [0.29, 0.717) is 18.8 Å². The molecule has 0 aromatic heterocycles. The number of hydrogen-bond acceptors (Lipinski definition) is 3. The molecule has 1 fully saturated rings. The molecule has 0 atom stereocenters. The summed E-state index contributed by atoms with van der Waals surface area (Å²) in [6, 6.07) is 7.27. The maximum absolute atomic E-state index is 12.9. The van der Waals surface area contributed by atoms with Gasteiger partial charge in [-0.15, -0.1) is 0 Å². The summed E-state index contributed by atoms with van der Waals surface area (Å²) in [5, 5.41) is 9.52. The molecule has 1 saturated carbocycles. The first-order chi connectivity index (χ1) is 9.32. The zero-order chi connectivity index (χ0) is 15.0. The predicted molar refractivity (Wildman–Crippen MR) is 79.1 cm³/mol. The molecule has 1 aromatic carbocycles. The van der Waals surface area contributed by atoms with Gasteiger partial charge in [-0.25, -0.2) is 8.42 Å². The molecule has 2 rings (SSSR count). The monoisotopic (exact) mass is 291 g/mol. The third-order valence-corrected chi connectivity index (χ3v) is 6.99. The van der Waals surface area contributed by atoms with E-state index in [9.17, 15) is 13.7 Å². The molecule has 0 amide bonds. The van der Waals surface area contributed by atoms with E-state index in [1.807, 2.05) is 19.9 Å². The number of sulfone groups is 1. The van der Waals surface area contributed by atoms with Gasteiger partial charge in [0.25, 0.3) is 0 Å². The lowest BCUT2D eigenvalue weighted by molar-refractivity contribution is 0.345. The maximum Gasteiger partial charge on any atom is 0.197 e. The Morgan fingerprint density at radius 1 is 1.20 bits per heavy atom. The van der Waals surface area contributed by atoms with Crippen LogP contribution in [0.4, 0.5) is 0 Å². The molecule has 0 saturated heterocycles. The van der Waals surface area contributed by atoms with Crippen molar-refractivity contribution in [3.05, 3.63) is 29.3 Å². The first-order valence-electron chi connectivity index (χ1n) is 7.05. The summed E-state index contributed by atoms with van der Waals surface area (Å²) in [5.74, 6) is 0.506. The van der Waals surface area contributed by atoms with Gasteiger partial charge in [0, 0.05) is 0 Å². The SMILES string of the molecule is Cc1ccc(S(=O)(=O)C2(C#N)CCC(C)CC2)cc1C. The van der Waals surface area contributed by atoms with Crippen LogP contribution in [0.2, 0.25) is 0 Å². The Bertz CT molecular complexity index is 648. The summed E-state index contributed by atoms with van der Waals surface area (Å²) in [5.41, 5.74) is 2.01. The normalized spacial score (nSPS) is 27.0. The van der Waals surface area contributed by atoms with Gasteiger partial charge in [-0.05, 0) is 68.7 Å². The van der Waals surface area contributed by atoms with Crippen molar-refractivity contribution in [1.82, 2.24) is 0 Å². The highest BCUT2D eigenvalue weighted by molar-refractivity contribution is 7.93. The Balaban J connectivity index is 2.47. The minimum Gasteiger partial charge on any atom is -0.222 e. The average molecular weight is 291 g/mol. The quantitative estimate of drug-likeness (QED) is 0.837. The molecule has 0 aliphatic heterocycles. The Morgan fingerprint density at radius 2 is 1.80 bits per heavy atom. The lowest BCUT2D eigenvalue weighted by Crippen LogP contribution is -2.40. The number of benzene rings is 1. The van der Waals surface area contributed by atoms with E-state index in [0.717, 1.165) is 24.0 Å². The highest BCUT2D eigenvalue weighted by Crippen LogP contribution is 2.40. The second-order valence-electron chi connectivity index (χ2n) is 6.04.